The minimum absolute atomic E-state index is 0.542. The SMILES string of the molecule is Cc1ccc(C(CC2=CCCCC2)c2cccs2)cc1. The fraction of sp³-hybridized carbons (Fsp3) is 0.368. The van der Waals surface area contributed by atoms with Gasteiger partial charge in [0.2, 0.25) is 0 Å². The Balaban J connectivity index is 1.88. The average molecular weight is 282 g/mol. The highest BCUT2D eigenvalue weighted by atomic mass is 32.1. The van der Waals surface area contributed by atoms with Crippen LogP contribution in [0.25, 0.3) is 0 Å². The molecule has 0 N–H and O–H groups in total. The van der Waals surface area contributed by atoms with Crippen LogP contribution >= 0.6 is 11.3 Å². The fourth-order valence-corrected chi connectivity index (χ4v) is 3.88. The van der Waals surface area contributed by atoms with Crippen LogP contribution in [-0.4, -0.2) is 0 Å². The predicted molar refractivity (Wildman–Crippen MR) is 88.5 cm³/mol. The standard InChI is InChI=1S/C19H22S/c1-15-9-11-17(12-10-15)18(19-8-5-13-20-19)14-16-6-3-2-4-7-16/h5-6,8-13,18H,2-4,7,14H2,1H3. The van der Waals surface area contributed by atoms with Gasteiger partial charge in [-0.2, -0.15) is 0 Å². The van der Waals surface area contributed by atoms with Gasteiger partial charge in [0.15, 0.2) is 0 Å². The van der Waals surface area contributed by atoms with Gasteiger partial charge < -0.3 is 0 Å². The summed E-state index contributed by atoms with van der Waals surface area (Å²) in [5.41, 5.74) is 4.47. The third-order valence-corrected chi connectivity index (χ3v) is 5.20. The molecule has 1 aromatic carbocycles. The smallest absolute Gasteiger partial charge is 0.0221 e. The Kier molecular flexibility index (Phi) is 4.37. The van der Waals surface area contributed by atoms with Gasteiger partial charge in [0.25, 0.3) is 0 Å². The van der Waals surface area contributed by atoms with E-state index < -0.39 is 0 Å². The van der Waals surface area contributed by atoms with Gasteiger partial charge in [-0.05, 0) is 56.0 Å². The molecule has 2 aromatic rings. The first kappa shape index (κ1) is 13.6. The molecule has 0 nitrogen and oxygen atoms in total. The van der Waals surface area contributed by atoms with Crippen molar-refractivity contribution in [2.45, 2.75) is 44.9 Å². The normalized spacial score (nSPS) is 16.8. The zero-order valence-corrected chi connectivity index (χ0v) is 13.0. The molecule has 1 aliphatic rings. The molecule has 20 heavy (non-hydrogen) atoms. The van der Waals surface area contributed by atoms with Crippen LogP contribution in [0.4, 0.5) is 0 Å². The van der Waals surface area contributed by atoms with E-state index in [1.54, 1.807) is 5.57 Å². The van der Waals surface area contributed by atoms with Crippen molar-refractivity contribution >= 4 is 11.3 Å². The third kappa shape index (κ3) is 3.21. The summed E-state index contributed by atoms with van der Waals surface area (Å²) in [5.74, 6) is 0.542. The quantitative estimate of drug-likeness (QED) is 0.596. The predicted octanol–water partition coefficient (Wildman–Crippen LogP) is 6.08. The highest BCUT2D eigenvalue weighted by Crippen LogP contribution is 2.36. The summed E-state index contributed by atoms with van der Waals surface area (Å²) < 4.78 is 0. The lowest BCUT2D eigenvalue weighted by atomic mass is 9.86. The molecule has 0 amide bonds. The number of aryl methyl sites for hydroxylation is 1. The van der Waals surface area contributed by atoms with Gasteiger partial charge in [0.05, 0.1) is 0 Å². The van der Waals surface area contributed by atoms with E-state index >= 15 is 0 Å². The summed E-state index contributed by atoms with van der Waals surface area (Å²) in [5, 5.41) is 2.20. The van der Waals surface area contributed by atoms with Crippen molar-refractivity contribution in [1.29, 1.82) is 0 Å². The lowest BCUT2D eigenvalue weighted by Gasteiger charge is -2.20. The molecule has 0 saturated carbocycles. The second-order valence-corrected chi connectivity index (χ2v) is 6.77. The number of rotatable bonds is 4. The molecule has 0 aliphatic heterocycles. The molecular formula is C19H22S. The summed E-state index contributed by atoms with van der Waals surface area (Å²) in [7, 11) is 0. The van der Waals surface area contributed by atoms with E-state index in [1.165, 1.54) is 48.1 Å². The van der Waals surface area contributed by atoms with Gasteiger partial charge in [0, 0.05) is 10.8 Å². The second-order valence-electron chi connectivity index (χ2n) is 5.79. The topological polar surface area (TPSA) is 0 Å². The first-order valence-corrected chi connectivity index (χ1v) is 8.49. The van der Waals surface area contributed by atoms with Crippen molar-refractivity contribution in [1.82, 2.24) is 0 Å². The van der Waals surface area contributed by atoms with Crippen LogP contribution in [0.1, 0.15) is 54.0 Å². The van der Waals surface area contributed by atoms with E-state index in [0.29, 0.717) is 5.92 Å². The molecular weight excluding hydrogens is 260 g/mol. The minimum Gasteiger partial charge on any atom is -0.148 e. The molecule has 0 spiro atoms. The maximum Gasteiger partial charge on any atom is 0.0221 e. The average Bonchev–Trinajstić information content (AvgIpc) is 3.01. The van der Waals surface area contributed by atoms with Crippen molar-refractivity contribution in [3.8, 4) is 0 Å². The summed E-state index contributed by atoms with van der Waals surface area (Å²) in [6.45, 7) is 2.16. The van der Waals surface area contributed by atoms with E-state index in [1.807, 2.05) is 11.3 Å². The zero-order chi connectivity index (χ0) is 13.8. The molecule has 3 rings (SSSR count). The first-order chi connectivity index (χ1) is 9.83. The van der Waals surface area contributed by atoms with Crippen molar-refractivity contribution in [3.05, 3.63) is 69.4 Å². The Morgan fingerprint density at radius 1 is 1.10 bits per heavy atom. The fourth-order valence-electron chi connectivity index (χ4n) is 3.02. The highest BCUT2D eigenvalue weighted by Gasteiger charge is 2.18. The van der Waals surface area contributed by atoms with Crippen LogP contribution < -0.4 is 0 Å². The molecule has 0 radical (unpaired) electrons. The molecule has 0 bridgehead atoms. The van der Waals surface area contributed by atoms with E-state index in [2.05, 4.69) is 54.8 Å². The molecule has 1 aliphatic carbocycles. The van der Waals surface area contributed by atoms with E-state index in [-0.39, 0.29) is 0 Å². The van der Waals surface area contributed by atoms with Crippen LogP contribution in [-0.2, 0) is 0 Å². The monoisotopic (exact) mass is 282 g/mol. The Morgan fingerprint density at radius 2 is 1.95 bits per heavy atom. The molecule has 1 heteroatoms. The van der Waals surface area contributed by atoms with Gasteiger partial charge in [0.1, 0.15) is 0 Å². The largest absolute Gasteiger partial charge is 0.148 e. The van der Waals surface area contributed by atoms with Crippen LogP contribution in [0.5, 0.6) is 0 Å². The molecule has 1 aromatic heterocycles. The minimum atomic E-state index is 0.542. The van der Waals surface area contributed by atoms with Gasteiger partial charge in [-0.25, -0.2) is 0 Å². The van der Waals surface area contributed by atoms with Crippen molar-refractivity contribution in [2.24, 2.45) is 0 Å². The molecule has 104 valence electrons. The highest BCUT2D eigenvalue weighted by molar-refractivity contribution is 7.10. The van der Waals surface area contributed by atoms with E-state index in [0.717, 1.165) is 0 Å². The molecule has 0 saturated heterocycles. The molecule has 1 atom stereocenters. The maximum atomic E-state index is 2.48. The number of benzene rings is 1. The number of hydrogen-bond acceptors (Lipinski definition) is 1. The van der Waals surface area contributed by atoms with Crippen molar-refractivity contribution in [2.75, 3.05) is 0 Å². The zero-order valence-electron chi connectivity index (χ0n) is 12.1. The van der Waals surface area contributed by atoms with Crippen LogP contribution in [0.2, 0.25) is 0 Å². The van der Waals surface area contributed by atoms with Crippen LogP contribution in [0.3, 0.4) is 0 Å². The number of hydrogen-bond donors (Lipinski definition) is 0. The Labute approximate surface area is 126 Å². The molecule has 1 heterocycles. The van der Waals surface area contributed by atoms with Crippen molar-refractivity contribution in [3.63, 3.8) is 0 Å². The summed E-state index contributed by atoms with van der Waals surface area (Å²) >= 11 is 1.89. The second kappa shape index (κ2) is 6.41. The summed E-state index contributed by atoms with van der Waals surface area (Å²) in [6.07, 6.45) is 9.00. The van der Waals surface area contributed by atoms with E-state index in [9.17, 15) is 0 Å². The molecule has 1 unspecified atom stereocenters. The van der Waals surface area contributed by atoms with Crippen LogP contribution in [0, 0.1) is 6.92 Å². The van der Waals surface area contributed by atoms with Gasteiger partial charge in [-0.15, -0.1) is 11.3 Å². The number of allylic oxidation sites excluding steroid dienone is 2. The number of thiophene rings is 1. The first-order valence-electron chi connectivity index (χ1n) is 7.61. The van der Waals surface area contributed by atoms with Gasteiger partial charge in [-0.1, -0.05) is 47.5 Å². The lowest BCUT2D eigenvalue weighted by molar-refractivity contribution is 0.655. The Morgan fingerprint density at radius 3 is 2.60 bits per heavy atom. The van der Waals surface area contributed by atoms with Gasteiger partial charge >= 0.3 is 0 Å². The Hall–Kier alpha value is -1.34. The van der Waals surface area contributed by atoms with Crippen LogP contribution in [0.15, 0.2) is 53.4 Å². The van der Waals surface area contributed by atoms with E-state index in [4.69, 9.17) is 0 Å². The van der Waals surface area contributed by atoms with Gasteiger partial charge in [-0.3, -0.25) is 0 Å². The summed E-state index contributed by atoms with van der Waals surface area (Å²) in [6, 6.07) is 13.6. The van der Waals surface area contributed by atoms with Crippen molar-refractivity contribution < 1.29 is 0 Å². The molecule has 0 fully saturated rings. The lowest BCUT2D eigenvalue weighted by Crippen LogP contribution is -2.03. The maximum absolute atomic E-state index is 2.48. The Bertz CT molecular complexity index is 560. The summed E-state index contributed by atoms with van der Waals surface area (Å²) in [4.78, 5) is 1.50. The third-order valence-electron chi connectivity index (χ3n) is 4.22.